The lowest BCUT2D eigenvalue weighted by molar-refractivity contribution is -0.0240. The van der Waals surface area contributed by atoms with E-state index < -0.39 is 37.9 Å². The Kier molecular flexibility index (Phi) is 6.91. The fraction of sp³-hybridized carbons (Fsp3) is 0.733. The third-order valence-corrected chi connectivity index (χ3v) is 4.51. The van der Waals surface area contributed by atoms with Crippen molar-refractivity contribution < 1.29 is 18.3 Å². The number of H-pyrrole nitrogens is 1. The van der Waals surface area contributed by atoms with E-state index in [-0.39, 0.29) is 25.0 Å². The third kappa shape index (κ3) is 5.98. The molecule has 0 amide bonds. The van der Waals surface area contributed by atoms with Crippen LogP contribution in [0.5, 0.6) is 0 Å². The van der Waals surface area contributed by atoms with E-state index in [4.69, 9.17) is 19.3 Å². The summed E-state index contributed by atoms with van der Waals surface area (Å²) < 4.78 is 29.2. The number of aromatic nitrogens is 2. The highest BCUT2D eigenvalue weighted by Crippen LogP contribution is 2.34. The molecule has 1 unspecified atom stereocenters. The third-order valence-electron chi connectivity index (χ3n) is 3.81. The molecule has 2 rings (SSSR count). The van der Waals surface area contributed by atoms with E-state index in [9.17, 15) is 14.2 Å². The van der Waals surface area contributed by atoms with Gasteiger partial charge in [0, 0.05) is 27.7 Å². The summed E-state index contributed by atoms with van der Waals surface area (Å²) in [4.78, 5) is 28.5. The molecule has 1 saturated heterocycles. The topological polar surface area (TPSA) is 148 Å². The van der Waals surface area contributed by atoms with Crippen molar-refractivity contribution in [1.29, 1.82) is 0 Å². The molecule has 4 atom stereocenters. The van der Waals surface area contributed by atoms with E-state index in [0.29, 0.717) is 5.56 Å². The minimum absolute atomic E-state index is 0.128. The van der Waals surface area contributed by atoms with Gasteiger partial charge in [0.05, 0.1) is 12.1 Å². The smallest absolute Gasteiger partial charge is 0.352 e. The predicted octanol–water partition coefficient (Wildman–Crippen LogP) is 2.55. The average molecular weight is 400 g/mol. The summed E-state index contributed by atoms with van der Waals surface area (Å²) in [5, 5.41) is 3.67. The van der Waals surface area contributed by atoms with Crippen LogP contribution in [0.25, 0.3) is 10.4 Å². The zero-order valence-electron chi connectivity index (χ0n) is 15.6. The Balaban J connectivity index is 2.05. The fourth-order valence-corrected chi connectivity index (χ4v) is 3.28. The van der Waals surface area contributed by atoms with Crippen LogP contribution in [-0.2, 0) is 18.3 Å². The Bertz CT molecular complexity index is 853. The number of ether oxygens (including phenoxy) is 1. The summed E-state index contributed by atoms with van der Waals surface area (Å²) in [6, 6.07) is -0.620. The molecule has 1 aliphatic heterocycles. The minimum atomic E-state index is -2.35. The van der Waals surface area contributed by atoms with Crippen LogP contribution in [0.1, 0.15) is 39.0 Å². The summed E-state index contributed by atoms with van der Waals surface area (Å²) in [5.74, 6) is 0. The Labute approximate surface area is 156 Å². The molecule has 1 aromatic rings. The summed E-state index contributed by atoms with van der Waals surface area (Å²) >= 11 is 0. The number of nitrogens with zero attached hydrogens (tertiary/aromatic N) is 4. The van der Waals surface area contributed by atoms with E-state index >= 15 is 0 Å². The highest BCUT2D eigenvalue weighted by molar-refractivity contribution is 7.33. The van der Waals surface area contributed by atoms with Crippen LogP contribution in [-0.4, -0.2) is 34.9 Å². The van der Waals surface area contributed by atoms with E-state index in [1.54, 1.807) is 6.92 Å². The van der Waals surface area contributed by atoms with Gasteiger partial charge in [-0.1, -0.05) is 25.9 Å². The normalized spacial score (nSPS) is 23.1. The quantitative estimate of drug-likeness (QED) is 0.322. The van der Waals surface area contributed by atoms with Gasteiger partial charge in [-0.15, -0.1) is 9.05 Å². The fourth-order valence-electron chi connectivity index (χ4n) is 2.44. The summed E-state index contributed by atoms with van der Waals surface area (Å²) in [6.45, 7) is 7.48. The van der Waals surface area contributed by atoms with Gasteiger partial charge in [-0.25, -0.2) is 4.79 Å². The summed E-state index contributed by atoms with van der Waals surface area (Å²) in [7, 11) is -2.35. The average Bonchev–Trinajstić information content (AvgIpc) is 2.97. The molecule has 0 spiro atoms. The molecule has 0 radical (unpaired) electrons. The van der Waals surface area contributed by atoms with Crippen molar-refractivity contribution in [2.24, 2.45) is 10.5 Å². The number of hydrogen-bond acceptors (Lipinski definition) is 7. The molecule has 12 heteroatoms. The second-order valence-electron chi connectivity index (χ2n) is 7.47. The Morgan fingerprint density at radius 2 is 2.15 bits per heavy atom. The van der Waals surface area contributed by atoms with Gasteiger partial charge >= 0.3 is 13.9 Å². The molecule has 0 aromatic carbocycles. The monoisotopic (exact) mass is 400 g/mol. The van der Waals surface area contributed by atoms with E-state index in [2.05, 4.69) is 15.0 Å². The number of hydrogen-bond donors (Lipinski definition) is 1. The van der Waals surface area contributed by atoms with Gasteiger partial charge in [0.15, 0.2) is 0 Å². The van der Waals surface area contributed by atoms with E-state index in [0.717, 1.165) is 0 Å². The molecule has 1 aliphatic rings. The van der Waals surface area contributed by atoms with E-state index in [1.165, 1.54) is 10.8 Å². The first-order chi connectivity index (χ1) is 12.6. The molecule has 0 aliphatic carbocycles. The van der Waals surface area contributed by atoms with E-state index in [1.807, 2.05) is 20.8 Å². The number of nitrogens with one attached hydrogen (secondary N) is 1. The van der Waals surface area contributed by atoms with Crippen LogP contribution < -0.4 is 11.2 Å². The van der Waals surface area contributed by atoms with Crippen molar-refractivity contribution in [2.45, 2.75) is 52.5 Å². The maximum absolute atomic E-state index is 12.0. The van der Waals surface area contributed by atoms with Crippen LogP contribution in [0, 0.1) is 12.3 Å². The second kappa shape index (κ2) is 8.77. The van der Waals surface area contributed by atoms with Crippen LogP contribution in [0.2, 0.25) is 0 Å². The zero-order valence-corrected chi connectivity index (χ0v) is 16.5. The number of azide groups is 1. The maximum atomic E-state index is 12.0. The molecule has 27 heavy (non-hydrogen) atoms. The largest absolute Gasteiger partial charge is 0.697 e. The molecule has 148 valence electrons. The van der Waals surface area contributed by atoms with Gasteiger partial charge in [-0.3, -0.25) is 14.3 Å². The SMILES string of the molecule is Cc1cn([C@H]2C[C@H](N=[N+]=[N-])[C@@H](CO[P+](=O)OCC(C)(C)C)O2)c(=O)[nH]c1=O. The number of aromatic amines is 1. The Morgan fingerprint density at radius 1 is 1.44 bits per heavy atom. The van der Waals surface area contributed by atoms with Crippen molar-refractivity contribution >= 4 is 8.25 Å². The first-order valence-electron chi connectivity index (χ1n) is 8.35. The van der Waals surface area contributed by atoms with Crippen molar-refractivity contribution in [3.05, 3.63) is 43.0 Å². The molecule has 0 saturated carbocycles. The van der Waals surface area contributed by atoms with Crippen LogP contribution in [0.3, 0.4) is 0 Å². The lowest BCUT2D eigenvalue weighted by Gasteiger charge is -2.15. The molecule has 1 N–H and O–H groups in total. The lowest BCUT2D eigenvalue weighted by Crippen LogP contribution is -2.33. The maximum Gasteiger partial charge on any atom is 0.697 e. The number of rotatable bonds is 7. The van der Waals surface area contributed by atoms with Gasteiger partial charge < -0.3 is 4.74 Å². The summed E-state index contributed by atoms with van der Waals surface area (Å²) in [6.07, 6.45) is 0.144. The highest BCUT2D eigenvalue weighted by Gasteiger charge is 2.39. The predicted molar refractivity (Wildman–Crippen MR) is 96.5 cm³/mol. The second-order valence-corrected chi connectivity index (χ2v) is 8.43. The standard InChI is InChI=1S/C15H22N5O6P/c1-9-6-20(14(22)17-13(9)21)12-5-10(18-19-16)11(26-12)7-24-27(23)25-8-15(2,3)4/h6,10-12H,5,7-8H2,1-4H3/p+1/t10-,11+,12+/m0/s1. The van der Waals surface area contributed by atoms with Crippen LogP contribution in [0.15, 0.2) is 20.9 Å². The van der Waals surface area contributed by atoms with Gasteiger partial charge in [-0.05, 0) is 17.9 Å². The van der Waals surface area contributed by atoms with Gasteiger partial charge in [0.2, 0.25) is 0 Å². The van der Waals surface area contributed by atoms with Crippen LogP contribution in [0.4, 0.5) is 0 Å². The molecule has 11 nitrogen and oxygen atoms in total. The molecule has 1 aromatic heterocycles. The molecule has 0 bridgehead atoms. The lowest BCUT2D eigenvalue weighted by atomic mass is 9.99. The Morgan fingerprint density at radius 3 is 2.78 bits per heavy atom. The molecular weight excluding hydrogens is 377 g/mol. The Hall–Kier alpha value is -2.03. The van der Waals surface area contributed by atoms with Crippen molar-refractivity contribution in [2.75, 3.05) is 13.2 Å². The number of aryl methyl sites for hydroxylation is 1. The van der Waals surface area contributed by atoms with Crippen molar-refractivity contribution in [3.8, 4) is 0 Å². The summed E-state index contributed by atoms with van der Waals surface area (Å²) in [5.41, 5.74) is 7.82. The van der Waals surface area contributed by atoms with Crippen molar-refractivity contribution in [1.82, 2.24) is 9.55 Å². The zero-order chi connectivity index (χ0) is 20.2. The van der Waals surface area contributed by atoms with Crippen molar-refractivity contribution in [3.63, 3.8) is 0 Å². The highest BCUT2D eigenvalue weighted by atomic mass is 31.1. The van der Waals surface area contributed by atoms with Crippen LogP contribution >= 0.6 is 8.25 Å². The first-order valence-corrected chi connectivity index (χ1v) is 9.45. The van der Waals surface area contributed by atoms with Gasteiger partial charge in [0.1, 0.15) is 19.4 Å². The minimum Gasteiger partial charge on any atom is -0.352 e. The molecular formula is C15H23N5O6P+. The molecule has 1 fully saturated rings. The molecule has 2 heterocycles. The van der Waals surface area contributed by atoms with Gasteiger partial charge in [0.25, 0.3) is 5.56 Å². The first kappa shape index (κ1) is 21.3. The van der Waals surface area contributed by atoms with Gasteiger partial charge in [-0.2, -0.15) is 0 Å².